The highest BCUT2D eigenvalue weighted by Gasteiger charge is 2.12. The first-order valence-electron chi connectivity index (χ1n) is 6.33. The van der Waals surface area contributed by atoms with Crippen molar-refractivity contribution < 1.29 is 4.42 Å². The summed E-state index contributed by atoms with van der Waals surface area (Å²) < 4.78 is 5.60. The van der Waals surface area contributed by atoms with Gasteiger partial charge in [0.25, 0.3) is 0 Å². The van der Waals surface area contributed by atoms with E-state index in [1.54, 1.807) is 0 Å². The number of hydrogen-bond donors (Lipinski definition) is 1. The van der Waals surface area contributed by atoms with Crippen LogP contribution in [0.3, 0.4) is 0 Å². The Hall–Kier alpha value is -0.900. The molecule has 0 amide bonds. The normalized spacial score (nSPS) is 12.9. The SMILES string of the molecule is CCCCCc1nnc(C(C)NCCC)o1. The standard InChI is InChI=1S/C12H23N3O/c1-4-6-7-8-11-14-15-12(16-11)10(3)13-9-5-2/h10,13H,4-9H2,1-3H3. The van der Waals surface area contributed by atoms with Crippen LogP contribution in [0.15, 0.2) is 4.42 Å². The Labute approximate surface area is 97.8 Å². The Kier molecular flexibility index (Phi) is 6.08. The molecular weight excluding hydrogens is 202 g/mol. The van der Waals surface area contributed by atoms with Crippen LogP contribution in [-0.2, 0) is 6.42 Å². The maximum atomic E-state index is 5.60. The molecule has 1 unspecified atom stereocenters. The summed E-state index contributed by atoms with van der Waals surface area (Å²) in [5, 5.41) is 11.5. The summed E-state index contributed by atoms with van der Waals surface area (Å²) >= 11 is 0. The molecular formula is C12H23N3O. The third-order valence-electron chi connectivity index (χ3n) is 2.55. The molecule has 1 heterocycles. The first kappa shape index (κ1) is 13.2. The summed E-state index contributed by atoms with van der Waals surface area (Å²) in [6.45, 7) is 7.37. The van der Waals surface area contributed by atoms with Crippen LogP contribution in [-0.4, -0.2) is 16.7 Å². The topological polar surface area (TPSA) is 51.0 Å². The summed E-state index contributed by atoms with van der Waals surface area (Å²) in [6.07, 6.45) is 5.59. The molecule has 4 heteroatoms. The fourth-order valence-electron chi connectivity index (χ4n) is 1.52. The van der Waals surface area contributed by atoms with Crippen molar-refractivity contribution in [3.8, 4) is 0 Å². The van der Waals surface area contributed by atoms with Crippen molar-refractivity contribution in [2.45, 2.75) is 58.9 Å². The van der Waals surface area contributed by atoms with Gasteiger partial charge in [-0.05, 0) is 26.3 Å². The van der Waals surface area contributed by atoms with Gasteiger partial charge in [-0.25, -0.2) is 0 Å². The Balaban J connectivity index is 2.37. The number of nitrogens with one attached hydrogen (secondary N) is 1. The van der Waals surface area contributed by atoms with Gasteiger partial charge in [0.05, 0.1) is 6.04 Å². The maximum Gasteiger partial charge on any atom is 0.233 e. The highest BCUT2D eigenvalue weighted by Crippen LogP contribution is 2.12. The maximum absolute atomic E-state index is 5.60. The molecule has 0 fully saturated rings. The molecule has 0 saturated carbocycles. The molecule has 0 aromatic carbocycles. The van der Waals surface area contributed by atoms with E-state index in [1.807, 2.05) is 0 Å². The third kappa shape index (κ3) is 4.31. The monoisotopic (exact) mass is 225 g/mol. The van der Waals surface area contributed by atoms with E-state index in [1.165, 1.54) is 12.8 Å². The second kappa shape index (κ2) is 7.39. The average Bonchev–Trinajstić information content (AvgIpc) is 2.75. The molecule has 0 aliphatic heterocycles. The number of aryl methyl sites for hydroxylation is 1. The lowest BCUT2D eigenvalue weighted by Gasteiger charge is -2.07. The van der Waals surface area contributed by atoms with Crippen LogP contribution in [0.5, 0.6) is 0 Å². The molecule has 0 aliphatic carbocycles. The Bertz CT molecular complexity index is 286. The van der Waals surface area contributed by atoms with E-state index in [-0.39, 0.29) is 6.04 Å². The molecule has 1 rings (SSSR count). The number of nitrogens with zero attached hydrogens (tertiary/aromatic N) is 2. The van der Waals surface area contributed by atoms with Gasteiger partial charge in [-0.3, -0.25) is 0 Å². The summed E-state index contributed by atoms with van der Waals surface area (Å²) in [5.74, 6) is 1.48. The van der Waals surface area contributed by atoms with E-state index < -0.39 is 0 Å². The number of aromatic nitrogens is 2. The van der Waals surface area contributed by atoms with Gasteiger partial charge in [0.2, 0.25) is 11.8 Å². The van der Waals surface area contributed by atoms with Gasteiger partial charge in [0, 0.05) is 6.42 Å². The lowest BCUT2D eigenvalue weighted by Crippen LogP contribution is -2.19. The van der Waals surface area contributed by atoms with Crippen LogP contribution in [0.1, 0.15) is 64.3 Å². The van der Waals surface area contributed by atoms with E-state index in [4.69, 9.17) is 4.42 Å². The lowest BCUT2D eigenvalue weighted by atomic mass is 10.2. The summed E-state index contributed by atoms with van der Waals surface area (Å²) in [7, 11) is 0. The molecule has 0 saturated heterocycles. The second-order valence-electron chi connectivity index (χ2n) is 4.17. The molecule has 0 spiro atoms. The smallest absolute Gasteiger partial charge is 0.233 e. The van der Waals surface area contributed by atoms with E-state index in [9.17, 15) is 0 Å². The minimum atomic E-state index is 0.160. The van der Waals surface area contributed by atoms with E-state index in [0.717, 1.165) is 31.7 Å². The van der Waals surface area contributed by atoms with Crippen molar-refractivity contribution in [2.24, 2.45) is 0 Å². The Morgan fingerprint density at radius 1 is 1.19 bits per heavy atom. The third-order valence-corrected chi connectivity index (χ3v) is 2.55. The minimum Gasteiger partial charge on any atom is -0.424 e. The predicted molar refractivity (Wildman–Crippen MR) is 64.2 cm³/mol. The first-order valence-corrected chi connectivity index (χ1v) is 6.33. The van der Waals surface area contributed by atoms with Crippen LogP contribution in [0.2, 0.25) is 0 Å². The van der Waals surface area contributed by atoms with Gasteiger partial charge in [0.1, 0.15) is 0 Å². The van der Waals surface area contributed by atoms with Gasteiger partial charge in [-0.1, -0.05) is 26.7 Å². The fourth-order valence-corrected chi connectivity index (χ4v) is 1.52. The number of unbranched alkanes of at least 4 members (excludes halogenated alkanes) is 2. The van der Waals surface area contributed by atoms with E-state index in [0.29, 0.717) is 5.89 Å². The summed E-state index contributed by atoms with van der Waals surface area (Å²) in [6, 6.07) is 0.160. The molecule has 1 aromatic heterocycles. The lowest BCUT2D eigenvalue weighted by molar-refractivity contribution is 0.389. The van der Waals surface area contributed by atoms with Crippen molar-refractivity contribution in [1.82, 2.24) is 15.5 Å². The number of hydrogen-bond acceptors (Lipinski definition) is 4. The Morgan fingerprint density at radius 3 is 2.69 bits per heavy atom. The number of rotatable bonds is 8. The Morgan fingerprint density at radius 2 is 2.00 bits per heavy atom. The second-order valence-corrected chi connectivity index (χ2v) is 4.17. The largest absolute Gasteiger partial charge is 0.424 e. The van der Waals surface area contributed by atoms with Crippen molar-refractivity contribution in [1.29, 1.82) is 0 Å². The van der Waals surface area contributed by atoms with Crippen molar-refractivity contribution >= 4 is 0 Å². The zero-order valence-electron chi connectivity index (χ0n) is 10.6. The average molecular weight is 225 g/mol. The minimum absolute atomic E-state index is 0.160. The molecule has 1 aromatic rings. The van der Waals surface area contributed by atoms with Crippen molar-refractivity contribution in [2.75, 3.05) is 6.54 Å². The highest BCUT2D eigenvalue weighted by molar-refractivity contribution is 4.88. The predicted octanol–water partition coefficient (Wildman–Crippen LogP) is 2.86. The molecule has 0 bridgehead atoms. The van der Waals surface area contributed by atoms with Crippen LogP contribution >= 0.6 is 0 Å². The molecule has 92 valence electrons. The first-order chi connectivity index (χ1) is 7.77. The molecule has 0 aliphatic rings. The molecule has 1 atom stereocenters. The van der Waals surface area contributed by atoms with Crippen molar-refractivity contribution in [3.63, 3.8) is 0 Å². The quantitative estimate of drug-likeness (QED) is 0.691. The van der Waals surface area contributed by atoms with E-state index >= 15 is 0 Å². The summed E-state index contributed by atoms with van der Waals surface area (Å²) in [5.41, 5.74) is 0. The van der Waals surface area contributed by atoms with Gasteiger partial charge in [0.15, 0.2) is 0 Å². The van der Waals surface area contributed by atoms with Gasteiger partial charge >= 0.3 is 0 Å². The van der Waals surface area contributed by atoms with Crippen LogP contribution in [0, 0.1) is 0 Å². The molecule has 16 heavy (non-hydrogen) atoms. The molecule has 4 nitrogen and oxygen atoms in total. The zero-order chi connectivity index (χ0) is 11.8. The molecule has 1 N–H and O–H groups in total. The summed E-state index contributed by atoms with van der Waals surface area (Å²) in [4.78, 5) is 0. The highest BCUT2D eigenvalue weighted by atomic mass is 16.4. The zero-order valence-corrected chi connectivity index (χ0v) is 10.6. The van der Waals surface area contributed by atoms with E-state index in [2.05, 4.69) is 36.3 Å². The van der Waals surface area contributed by atoms with Gasteiger partial charge < -0.3 is 9.73 Å². The van der Waals surface area contributed by atoms with Crippen LogP contribution in [0.4, 0.5) is 0 Å². The van der Waals surface area contributed by atoms with Gasteiger partial charge in [-0.2, -0.15) is 0 Å². The van der Waals surface area contributed by atoms with Crippen LogP contribution < -0.4 is 5.32 Å². The van der Waals surface area contributed by atoms with Gasteiger partial charge in [-0.15, -0.1) is 10.2 Å². The fraction of sp³-hybridized carbons (Fsp3) is 0.833. The molecule has 0 radical (unpaired) electrons. The van der Waals surface area contributed by atoms with Crippen LogP contribution in [0.25, 0.3) is 0 Å². The van der Waals surface area contributed by atoms with Crippen molar-refractivity contribution in [3.05, 3.63) is 11.8 Å².